The molecule has 5 heteroatoms. The van der Waals surface area contributed by atoms with Crippen molar-refractivity contribution >= 4 is 9.68 Å². The van der Waals surface area contributed by atoms with Gasteiger partial charge in [0, 0.05) is 0 Å². The number of nitrogens with zero attached hydrogens (tertiary/aromatic N) is 3. The molecule has 1 aliphatic heterocycles. The first-order valence-electron chi connectivity index (χ1n) is 4.91. The number of methoxy groups -OCH3 is 1. The first kappa shape index (κ1) is 13.4. The Morgan fingerprint density at radius 3 is 2.81 bits per heavy atom. The number of hydrogen-bond donors (Lipinski definition) is 0. The fourth-order valence-corrected chi connectivity index (χ4v) is 2.18. The minimum atomic E-state index is 0.539. The van der Waals surface area contributed by atoms with Crippen molar-refractivity contribution in [1.82, 2.24) is 9.80 Å². The molecule has 0 fully saturated rings. The summed E-state index contributed by atoms with van der Waals surface area (Å²) in [5, 5.41) is 0. The molecule has 0 amide bonds. The summed E-state index contributed by atoms with van der Waals surface area (Å²) in [7, 11) is 5.62. The predicted molar refractivity (Wildman–Crippen MR) is 61.4 cm³/mol. The molecule has 0 aromatic rings. The topological polar surface area (TPSA) is 28.1 Å². The average molecular weight is 387 g/mol. The fraction of sp³-hybridized carbons (Fsp3) is 0.455. The monoisotopic (exact) mass is 387 g/mol. The van der Waals surface area contributed by atoms with Gasteiger partial charge in [-0.1, -0.05) is 0 Å². The van der Waals surface area contributed by atoms with Crippen LogP contribution in [0, 0.1) is 6.20 Å². The number of likely N-dealkylation sites (N-methyl/N-ethyl adjacent to an activating group) is 1. The number of rotatable bonds is 4. The Labute approximate surface area is 109 Å². The zero-order chi connectivity index (χ0) is 12.1. The molecule has 16 heavy (non-hydrogen) atoms. The Hall–Kier alpha value is -0.680. The van der Waals surface area contributed by atoms with Crippen molar-refractivity contribution in [2.24, 2.45) is 4.99 Å². The molecule has 0 saturated heterocycles. The summed E-state index contributed by atoms with van der Waals surface area (Å²) in [6.45, 7) is 2.55. The predicted octanol–water partition coefficient (Wildman–Crippen LogP) is 0.763. The van der Waals surface area contributed by atoms with Crippen LogP contribution < -0.4 is 0 Å². The molecular weight excluding hydrogens is 371 g/mol. The Balaban J connectivity index is 2.63. The van der Waals surface area contributed by atoms with Crippen LogP contribution in [0.5, 0.6) is 0 Å². The van der Waals surface area contributed by atoms with E-state index in [1.807, 2.05) is 38.1 Å². The molecule has 0 aromatic heterocycles. The van der Waals surface area contributed by atoms with E-state index in [-0.39, 0.29) is 0 Å². The van der Waals surface area contributed by atoms with Gasteiger partial charge < -0.3 is 0 Å². The van der Waals surface area contributed by atoms with Crippen LogP contribution in [0.25, 0.3) is 0 Å². The molecule has 1 aliphatic rings. The molecule has 0 saturated carbocycles. The maximum absolute atomic E-state index is 4.97. The van der Waals surface area contributed by atoms with E-state index in [0.717, 1.165) is 11.5 Å². The molecule has 0 atom stereocenters. The van der Waals surface area contributed by atoms with Gasteiger partial charge in [-0.25, -0.2) is 0 Å². The Kier molecular flexibility index (Phi) is 5.15. The maximum atomic E-state index is 4.97. The van der Waals surface area contributed by atoms with Gasteiger partial charge in [0.05, 0.1) is 0 Å². The normalized spacial score (nSPS) is 18.7. The fourth-order valence-electron chi connectivity index (χ4n) is 1.21. The summed E-state index contributed by atoms with van der Waals surface area (Å²) < 4.78 is 6.24. The van der Waals surface area contributed by atoms with Gasteiger partial charge in [-0.15, -0.1) is 0 Å². The van der Waals surface area contributed by atoms with Crippen molar-refractivity contribution in [3.63, 3.8) is 0 Å². The van der Waals surface area contributed by atoms with E-state index in [2.05, 4.69) is 16.1 Å². The van der Waals surface area contributed by atoms with Crippen molar-refractivity contribution in [3.8, 4) is 0 Å². The molecule has 0 unspecified atom stereocenters. The summed E-state index contributed by atoms with van der Waals surface area (Å²) in [6, 6.07) is 0. The Morgan fingerprint density at radius 2 is 2.31 bits per heavy atom. The molecule has 0 aromatic carbocycles. The number of aliphatic imine (C=N–C) groups is 1. The number of amidine groups is 1. The molecule has 0 spiro atoms. The van der Waals surface area contributed by atoms with Crippen LogP contribution >= 0.6 is 0 Å². The second-order valence-corrected chi connectivity index (χ2v) is 5.03. The van der Waals surface area contributed by atoms with Gasteiger partial charge in [-0.2, -0.15) is 0 Å². The second-order valence-electron chi connectivity index (χ2n) is 3.51. The summed E-state index contributed by atoms with van der Waals surface area (Å²) in [5.74, 6) is 1.04. The quantitative estimate of drug-likeness (QED) is 0.405. The third-order valence-electron chi connectivity index (χ3n) is 2.17. The first-order chi connectivity index (χ1) is 7.56. The van der Waals surface area contributed by atoms with Crippen molar-refractivity contribution in [3.05, 3.63) is 24.0 Å². The van der Waals surface area contributed by atoms with Crippen LogP contribution in [0.1, 0.15) is 6.92 Å². The van der Waals surface area contributed by atoms with E-state index < -0.39 is 0 Å². The first-order valence-corrected chi connectivity index (χ1v) is 6.52. The minimum absolute atomic E-state index is 0.539. The van der Waals surface area contributed by atoms with E-state index in [9.17, 15) is 0 Å². The third-order valence-corrected chi connectivity index (χ3v) is 4.07. The van der Waals surface area contributed by atoms with Gasteiger partial charge in [-0.05, 0) is 0 Å². The summed E-state index contributed by atoms with van der Waals surface area (Å²) in [6.07, 6.45) is 6.93. The second kappa shape index (κ2) is 6.15. The zero-order valence-electron chi connectivity index (χ0n) is 10.1. The SMILES string of the molecule is COCN(C)[C-]=CC=C1N=C(C)N(C)[C]1=[Ta]. The van der Waals surface area contributed by atoms with Crippen molar-refractivity contribution in [1.29, 1.82) is 0 Å². The van der Waals surface area contributed by atoms with Gasteiger partial charge >= 0.3 is 109 Å². The average Bonchev–Trinajstić information content (AvgIpc) is 2.47. The third kappa shape index (κ3) is 3.42. The Morgan fingerprint density at radius 1 is 1.62 bits per heavy atom. The van der Waals surface area contributed by atoms with Crippen LogP contribution in [-0.2, 0) is 25.3 Å². The molecule has 87 valence electrons. The van der Waals surface area contributed by atoms with E-state index >= 15 is 0 Å². The number of allylic oxidation sites excluding steroid dienone is 2. The molecule has 0 bridgehead atoms. The van der Waals surface area contributed by atoms with Gasteiger partial charge in [0.15, 0.2) is 0 Å². The van der Waals surface area contributed by atoms with Crippen molar-refractivity contribution in [2.75, 3.05) is 27.9 Å². The van der Waals surface area contributed by atoms with Gasteiger partial charge in [0.2, 0.25) is 0 Å². The molecule has 0 aliphatic carbocycles. The Bertz CT molecular complexity index is 360. The van der Waals surface area contributed by atoms with Gasteiger partial charge in [-0.3, -0.25) is 0 Å². The van der Waals surface area contributed by atoms with E-state index in [1.54, 1.807) is 7.11 Å². The summed E-state index contributed by atoms with van der Waals surface area (Å²) in [4.78, 5) is 8.43. The van der Waals surface area contributed by atoms with Crippen molar-refractivity contribution in [2.45, 2.75) is 6.92 Å². The van der Waals surface area contributed by atoms with Crippen LogP contribution in [0.2, 0.25) is 0 Å². The summed E-state index contributed by atoms with van der Waals surface area (Å²) in [5.41, 5.74) is 1.03. The number of ether oxygens (including phenoxy) is 1. The van der Waals surface area contributed by atoms with Gasteiger partial charge in [0.1, 0.15) is 0 Å². The van der Waals surface area contributed by atoms with Crippen LogP contribution in [0.15, 0.2) is 22.8 Å². The van der Waals surface area contributed by atoms with E-state index in [0.29, 0.717) is 6.73 Å². The van der Waals surface area contributed by atoms with Crippen molar-refractivity contribution < 1.29 is 25.3 Å². The van der Waals surface area contributed by atoms with Crippen LogP contribution in [-0.4, -0.2) is 47.4 Å². The van der Waals surface area contributed by atoms with Gasteiger partial charge in [0.25, 0.3) is 0 Å². The van der Waals surface area contributed by atoms with E-state index in [1.165, 1.54) is 24.4 Å². The van der Waals surface area contributed by atoms with Crippen LogP contribution in [0.4, 0.5) is 0 Å². The number of hydrogen-bond acceptors (Lipinski definition) is 4. The molecular formula is C11H16N3OTa-. The van der Waals surface area contributed by atoms with Crippen LogP contribution in [0.3, 0.4) is 0 Å². The molecule has 0 N–H and O–H groups in total. The molecule has 1 heterocycles. The van der Waals surface area contributed by atoms with E-state index in [4.69, 9.17) is 4.74 Å². The molecule has 1 rings (SSSR count). The molecule has 0 radical (unpaired) electrons. The summed E-state index contributed by atoms with van der Waals surface area (Å²) >= 11 is 1.21. The standard InChI is InChI=1S/C11H16N3O.Ta/c1-10-12-11(8-14(10)3)6-5-7-13(2)9-15-4;/h5-6H,9H2,1-4H3;/q-1;. The molecule has 4 nitrogen and oxygen atoms in total. The zero-order valence-corrected chi connectivity index (χ0v) is 13.3.